The lowest BCUT2D eigenvalue weighted by Crippen LogP contribution is -2.27. The first-order valence-electron chi connectivity index (χ1n) is 6.14. The summed E-state index contributed by atoms with van der Waals surface area (Å²) >= 11 is 0. The van der Waals surface area contributed by atoms with Gasteiger partial charge in [-0.15, -0.1) is 0 Å². The summed E-state index contributed by atoms with van der Waals surface area (Å²) in [4.78, 5) is 14.2. The fourth-order valence-electron chi connectivity index (χ4n) is 2.43. The van der Waals surface area contributed by atoms with E-state index < -0.39 is 0 Å². The molecule has 0 spiro atoms. The first-order valence-corrected chi connectivity index (χ1v) is 6.14. The third-order valence-corrected chi connectivity index (χ3v) is 3.39. The molecule has 1 aromatic carbocycles. The molecule has 0 atom stereocenters. The second kappa shape index (κ2) is 4.37. The van der Waals surface area contributed by atoms with E-state index in [0.29, 0.717) is 16.9 Å². The number of carbonyl (C=O) groups excluding carboxylic acids is 1. The Balaban J connectivity index is 2.03. The van der Waals surface area contributed by atoms with Crippen molar-refractivity contribution in [2.24, 2.45) is 0 Å². The molecular weight excluding hydrogens is 230 g/mol. The molecule has 2 heterocycles. The molecule has 2 aromatic rings. The van der Waals surface area contributed by atoms with E-state index in [-0.39, 0.29) is 5.91 Å². The van der Waals surface area contributed by atoms with Gasteiger partial charge in [0.15, 0.2) is 0 Å². The number of likely N-dealkylation sites (tertiary alicyclic amines) is 1. The van der Waals surface area contributed by atoms with Crippen molar-refractivity contribution in [2.75, 3.05) is 20.2 Å². The summed E-state index contributed by atoms with van der Waals surface area (Å²) in [6, 6.07) is 5.43. The Kier molecular flexibility index (Phi) is 2.70. The van der Waals surface area contributed by atoms with Crippen LogP contribution in [-0.2, 0) is 0 Å². The summed E-state index contributed by atoms with van der Waals surface area (Å²) in [6.45, 7) is 1.69. The van der Waals surface area contributed by atoms with Crippen LogP contribution >= 0.6 is 0 Å². The molecule has 1 fully saturated rings. The van der Waals surface area contributed by atoms with Crippen LogP contribution < -0.4 is 4.74 Å². The fourth-order valence-corrected chi connectivity index (χ4v) is 2.43. The molecule has 0 saturated carbocycles. The molecule has 1 aliphatic heterocycles. The quantitative estimate of drug-likeness (QED) is 0.817. The molecule has 0 unspecified atom stereocenters. The highest BCUT2D eigenvalue weighted by molar-refractivity contribution is 5.99. The molecule has 0 bridgehead atoms. The van der Waals surface area contributed by atoms with Crippen molar-refractivity contribution in [1.29, 1.82) is 0 Å². The molecule has 0 aliphatic carbocycles. The van der Waals surface area contributed by atoms with Gasteiger partial charge in [-0.05, 0) is 31.0 Å². The van der Waals surface area contributed by atoms with Crippen LogP contribution in [0.3, 0.4) is 0 Å². The molecular formula is C14H15NO3. The van der Waals surface area contributed by atoms with E-state index in [2.05, 4.69) is 0 Å². The number of amides is 1. The molecule has 1 saturated heterocycles. The van der Waals surface area contributed by atoms with E-state index >= 15 is 0 Å². The van der Waals surface area contributed by atoms with Gasteiger partial charge in [0, 0.05) is 18.7 Å². The summed E-state index contributed by atoms with van der Waals surface area (Å²) in [5, 5.41) is 0.899. The Labute approximate surface area is 105 Å². The molecule has 18 heavy (non-hydrogen) atoms. The molecule has 0 radical (unpaired) electrons. The lowest BCUT2D eigenvalue weighted by atomic mass is 10.1. The normalized spacial score (nSPS) is 15.3. The van der Waals surface area contributed by atoms with Crippen LogP contribution in [0.15, 0.2) is 28.9 Å². The van der Waals surface area contributed by atoms with Crippen LogP contribution in [0, 0.1) is 0 Å². The van der Waals surface area contributed by atoms with Crippen LogP contribution in [0.5, 0.6) is 5.75 Å². The zero-order valence-electron chi connectivity index (χ0n) is 10.3. The Morgan fingerprint density at radius 1 is 1.33 bits per heavy atom. The van der Waals surface area contributed by atoms with Gasteiger partial charge in [-0.25, -0.2) is 0 Å². The summed E-state index contributed by atoms with van der Waals surface area (Å²) in [7, 11) is 1.60. The molecule has 3 rings (SSSR count). The number of hydrogen-bond acceptors (Lipinski definition) is 3. The second-order valence-electron chi connectivity index (χ2n) is 4.51. The van der Waals surface area contributed by atoms with Crippen molar-refractivity contribution >= 4 is 16.9 Å². The zero-order chi connectivity index (χ0) is 12.5. The monoisotopic (exact) mass is 245 g/mol. The second-order valence-corrected chi connectivity index (χ2v) is 4.51. The van der Waals surface area contributed by atoms with Gasteiger partial charge in [-0.2, -0.15) is 0 Å². The summed E-state index contributed by atoms with van der Waals surface area (Å²) in [5.41, 5.74) is 1.33. The maximum absolute atomic E-state index is 12.3. The summed E-state index contributed by atoms with van der Waals surface area (Å²) < 4.78 is 10.7. The standard InChI is InChI=1S/C14H15NO3/c1-17-12-8-10(9-13-11(12)4-7-18-13)14(16)15-5-2-3-6-15/h4,7-9H,2-3,5-6H2,1H3. The number of hydrogen-bond donors (Lipinski definition) is 0. The largest absolute Gasteiger partial charge is 0.496 e. The van der Waals surface area contributed by atoms with Gasteiger partial charge < -0.3 is 14.1 Å². The number of fused-ring (bicyclic) bond motifs is 1. The first kappa shape index (κ1) is 11.1. The molecule has 1 aromatic heterocycles. The minimum absolute atomic E-state index is 0.0594. The van der Waals surface area contributed by atoms with E-state index in [0.717, 1.165) is 31.3 Å². The summed E-state index contributed by atoms with van der Waals surface area (Å²) in [6.07, 6.45) is 3.79. The van der Waals surface area contributed by atoms with Gasteiger partial charge in [-0.1, -0.05) is 0 Å². The van der Waals surface area contributed by atoms with Crippen molar-refractivity contribution in [1.82, 2.24) is 4.90 Å². The van der Waals surface area contributed by atoms with Crippen LogP contribution in [-0.4, -0.2) is 31.0 Å². The van der Waals surface area contributed by atoms with E-state index in [1.54, 1.807) is 25.5 Å². The predicted molar refractivity (Wildman–Crippen MR) is 67.9 cm³/mol. The third kappa shape index (κ3) is 1.74. The molecule has 0 N–H and O–H groups in total. The van der Waals surface area contributed by atoms with Gasteiger partial charge in [0.1, 0.15) is 11.3 Å². The van der Waals surface area contributed by atoms with E-state index in [1.165, 1.54) is 0 Å². The lowest BCUT2D eigenvalue weighted by Gasteiger charge is -2.15. The van der Waals surface area contributed by atoms with E-state index in [9.17, 15) is 4.79 Å². The highest BCUT2D eigenvalue weighted by Crippen LogP contribution is 2.29. The predicted octanol–water partition coefficient (Wildman–Crippen LogP) is 2.68. The number of carbonyl (C=O) groups is 1. The first-order chi connectivity index (χ1) is 8.79. The maximum Gasteiger partial charge on any atom is 0.254 e. The van der Waals surface area contributed by atoms with Crippen molar-refractivity contribution < 1.29 is 13.9 Å². The Morgan fingerprint density at radius 3 is 2.83 bits per heavy atom. The zero-order valence-corrected chi connectivity index (χ0v) is 10.3. The van der Waals surface area contributed by atoms with Crippen molar-refractivity contribution in [2.45, 2.75) is 12.8 Å². The molecule has 94 valence electrons. The minimum Gasteiger partial charge on any atom is -0.496 e. The lowest BCUT2D eigenvalue weighted by molar-refractivity contribution is 0.0792. The van der Waals surface area contributed by atoms with Crippen molar-refractivity contribution in [3.8, 4) is 5.75 Å². The van der Waals surface area contributed by atoms with E-state index in [4.69, 9.17) is 9.15 Å². The smallest absolute Gasteiger partial charge is 0.254 e. The summed E-state index contributed by atoms with van der Waals surface area (Å²) in [5.74, 6) is 0.743. The molecule has 4 nitrogen and oxygen atoms in total. The average Bonchev–Trinajstić information content (AvgIpc) is 3.07. The van der Waals surface area contributed by atoms with Crippen LogP contribution in [0.25, 0.3) is 11.0 Å². The fraction of sp³-hybridized carbons (Fsp3) is 0.357. The van der Waals surface area contributed by atoms with Crippen LogP contribution in [0.4, 0.5) is 0 Å². The van der Waals surface area contributed by atoms with Gasteiger partial charge in [0.05, 0.1) is 18.8 Å². The number of benzene rings is 1. The number of furan rings is 1. The van der Waals surface area contributed by atoms with Gasteiger partial charge >= 0.3 is 0 Å². The maximum atomic E-state index is 12.3. The molecule has 1 aliphatic rings. The average molecular weight is 245 g/mol. The number of ether oxygens (including phenoxy) is 1. The topological polar surface area (TPSA) is 42.7 Å². The SMILES string of the molecule is COc1cc(C(=O)N2CCCC2)cc2occc12. The third-order valence-electron chi connectivity index (χ3n) is 3.39. The Bertz CT molecular complexity index is 582. The Morgan fingerprint density at radius 2 is 2.11 bits per heavy atom. The van der Waals surface area contributed by atoms with Crippen LogP contribution in [0.1, 0.15) is 23.2 Å². The number of methoxy groups -OCH3 is 1. The number of nitrogens with zero attached hydrogens (tertiary/aromatic N) is 1. The van der Waals surface area contributed by atoms with Gasteiger partial charge in [0.2, 0.25) is 0 Å². The molecule has 1 amide bonds. The van der Waals surface area contributed by atoms with Gasteiger partial charge in [-0.3, -0.25) is 4.79 Å². The highest BCUT2D eigenvalue weighted by atomic mass is 16.5. The minimum atomic E-state index is 0.0594. The Hall–Kier alpha value is -1.97. The van der Waals surface area contributed by atoms with Crippen molar-refractivity contribution in [3.05, 3.63) is 30.0 Å². The van der Waals surface area contributed by atoms with Crippen molar-refractivity contribution in [3.63, 3.8) is 0 Å². The molecule has 4 heteroatoms. The van der Waals surface area contributed by atoms with Crippen LogP contribution in [0.2, 0.25) is 0 Å². The van der Waals surface area contributed by atoms with Gasteiger partial charge in [0.25, 0.3) is 5.91 Å². The number of rotatable bonds is 2. The highest BCUT2D eigenvalue weighted by Gasteiger charge is 2.21. The van der Waals surface area contributed by atoms with E-state index in [1.807, 2.05) is 11.0 Å².